The average Bonchev–Trinajstić information content (AvgIpc) is 1.94. The Bertz CT molecular complexity index is 262. The molecule has 0 aromatic carbocycles. The van der Waals surface area contributed by atoms with Crippen LogP contribution >= 0.6 is 0 Å². The van der Waals surface area contributed by atoms with Crippen LogP contribution in [0, 0.1) is 0 Å². The molecule has 0 bridgehead atoms. The van der Waals surface area contributed by atoms with E-state index in [2.05, 4.69) is 9.47 Å². The molecule has 4 N–H and O–H groups in total. The molecule has 0 aliphatic carbocycles. The van der Waals surface area contributed by atoms with Gasteiger partial charge >= 0.3 is 23.9 Å². The van der Waals surface area contributed by atoms with Crippen LogP contribution in [-0.4, -0.2) is 44.3 Å². The van der Waals surface area contributed by atoms with E-state index in [1.807, 2.05) is 0 Å². The van der Waals surface area contributed by atoms with Crippen molar-refractivity contribution in [3.8, 4) is 0 Å². The van der Waals surface area contributed by atoms with Crippen molar-refractivity contribution < 1.29 is 39.5 Å². The molecule has 0 atom stereocenters. The summed E-state index contributed by atoms with van der Waals surface area (Å²) >= 11 is 0. The third-order valence-electron chi connectivity index (χ3n) is 0.943. The molecule has 0 saturated carbocycles. The third kappa shape index (κ3) is 9.09. The first-order chi connectivity index (χ1) is 6.99. The first-order valence-electron chi connectivity index (χ1n) is 4.03. The van der Waals surface area contributed by atoms with Gasteiger partial charge in [0.25, 0.3) is 0 Å². The lowest BCUT2D eigenvalue weighted by Crippen LogP contribution is -2.31. The number of ether oxygens (including phenoxy) is 2. The molecule has 8 nitrogen and oxygen atoms in total. The number of rotatable bonds is 4. The molecule has 0 heterocycles. The van der Waals surface area contributed by atoms with Crippen molar-refractivity contribution in [2.24, 2.45) is 0 Å². The first-order valence-corrected chi connectivity index (χ1v) is 4.03. The Balaban J connectivity index is 4.20. The predicted octanol–water partition coefficient (Wildman–Crippen LogP) is -2.05. The van der Waals surface area contributed by atoms with Crippen LogP contribution in [0.4, 0.5) is 0 Å². The molecule has 8 heteroatoms. The quantitative estimate of drug-likeness (QED) is 0.249. The molecule has 0 radical (unpaired) electrons. The fourth-order valence-corrected chi connectivity index (χ4v) is 0.585. The fraction of sp³-hybridized carbons (Fsp3) is 0.500. The molecule has 0 fully saturated rings. The van der Waals surface area contributed by atoms with Gasteiger partial charge in [-0.1, -0.05) is 0 Å². The van der Waals surface area contributed by atoms with Crippen LogP contribution in [-0.2, 0) is 19.1 Å². The highest BCUT2D eigenvalue weighted by Gasteiger charge is 2.21. The van der Waals surface area contributed by atoms with E-state index in [9.17, 15) is 9.59 Å². The summed E-state index contributed by atoms with van der Waals surface area (Å²) in [5.74, 6) is -7.76. The lowest BCUT2D eigenvalue weighted by atomic mass is 10.5. The van der Waals surface area contributed by atoms with Gasteiger partial charge in [-0.3, -0.25) is 0 Å². The van der Waals surface area contributed by atoms with Crippen LogP contribution in [0.2, 0.25) is 0 Å². The van der Waals surface area contributed by atoms with E-state index < -0.39 is 23.9 Å². The van der Waals surface area contributed by atoms with Crippen molar-refractivity contribution in [2.45, 2.75) is 25.8 Å². The second kappa shape index (κ2) is 5.03. The fourth-order valence-electron chi connectivity index (χ4n) is 0.585. The maximum Gasteiger partial charge on any atom is 0.335 e. The normalized spacial score (nSPS) is 12.6. The van der Waals surface area contributed by atoms with Crippen LogP contribution in [0.3, 0.4) is 0 Å². The second-order valence-electron chi connectivity index (χ2n) is 3.04. The SMILES string of the molecule is CC(O)(O)OC(=O)/C=C/C(=O)OC(C)(O)O. The maximum atomic E-state index is 10.8. The van der Waals surface area contributed by atoms with Crippen molar-refractivity contribution in [2.75, 3.05) is 0 Å². The largest absolute Gasteiger partial charge is 0.405 e. The number of aliphatic hydroxyl groups is 4. The Morgan fingerprint density at radius 2 is 1.12 bits per heavy atom. The van der Waals surface area contributed by atoms with Gasteiger partial charge in [-0.2, -0.15) is 0 Å². The molecule has 16 heavy (non-hydrogen) atoms. The third-order valence-corrected chi connectivity index (χ3v) is 0.943. The molecule has 0 amide bonds. The summed E-state index contributed by atoms with van der Waals surface area (Å²) in [7, 11) is 0. The molecule has 0 aromatic heterocycles. The van der Waals surface area contributed by atoms with Crippen molar-refractivity contribution in [1.29, 1.82) is 0 Å². The molecule has 0 aliphatic rings. The number of hydrogen-bond donors (Lipinski definition) is 4. The monoisotopic (exact) mass is 236 g/mol. The molecule has 0 aliphatic heterocycles. The molecular weight excluding hydrogens is 224 g/mol. The summed E-state index contributed by atoms with van der Waals surface area (Å²) < 4.78 is 7.94. The lowest BCUT2D eigenvalue weighted by molar-refractivity contribution is -0.306. The molecule has 0 spiro atoms. The van der Waals surface area contributed by atoms with E-state index in [0.717, 1.165) is 13.8 Å². The minimum atomic E-state index is -2.66. The number of carbonyl (C=O) groups excluding carboxylic acids is 2. The first kappa shape index (κ1) is 14.5. The van der Waals surface area contributed by atoms with Crippen molar-refractivity contribution in [3.05, 3.63) is 12.2 Å². The van der Waals surface area contributed by atoms with E-state index in [-0.39, 0.29) is 0 Å². The lowest BCUT2D eigenvalue weighted by Gasteiger charge is -2.15. The number of hydrogen-bond acceptors (Lipinski definition) is 8. The Morgan fingerprint density at radius 3 is 1.31 bits per heavy atom. The maximum absolute atomic E-state index is 10.8. The van der Waals surface area contributed by atoms with Gasteiger partial charge in [0.1, 0.15) is 0 Å². The zero-order chi connectivity index (χ0) is 13.0. The minimum Gasteiger partial charge on any atom is -0.405 e. The summed E-state index contributed by atoms with van der Waals surface area (Å²) in [6.07, 6.45) is 1.05. The highest BCUT2D eigenvalue weighted by molar-refractivity contribution is 5.91. The van der Waals surface area contributed by atoms with E-state index in [4.69, 9.17) is 20.4 Å². The zero-order valence-corrected chi connectivity index (χ0v) is 8.58. The van der Waals surface area contributed by atoms with Crippen molar-refractivity contribution >= 4 is 11.9 Å². The van der Waals surface area contributed by atoms with E-state index in [1.165, 1.54) is 0 Å². The Labute approximate surface area is 90.3 Å². The van der Waals surface area contributed by atoms with E-state index >= 15 is 0 Å². The highest BCUT2D eigenvalue weighted by atomic mass is 16.8. The van der Waals surface area contributed by atoms with Crippen LogP contribution in [0.25, 0.3) is 0 Å². The van der Waals surface area contributed by atoms with Crippen LogP contribution in [0.5, 0.6) is 0 Å². The van der Waals surface area contributed by atoms with Gasteiger partial charge in [0.05, 0.1) is 0 Å². The Kier molecular flexibility index (Phi) is 4.57. The van der Waals surface area contributed by atoms with Gasteiger partial charge in [0, 0.05) is 26.0 Å². The number of esters is 2. The smallest absolute Gasteiger partial charge is 0.335 e. The van der Waals surface area contributed by atoms with Gasteiger partial charge in [-0.25, -0.2) is 9.59 Å². The van der Waals surface area contributed by atoms with Crippen LogP contribution in [0.15, 0.2) is 12.2 Å². The number of carbonyl (C=O) groups is 2. The summed E-state index contributed by atoms with van der Waals surface area (Å²) in [6.45, 7) is 1.57. The highest BCUT2D eigenvalue weighted by Crippen LogP contribution is 2.02. The second-order valence-corrected chi connectivity index (χ2v) is 3.04. The average molecular weight is 236 g/mol. The molecule has 0 aromatic rings. The molecule has 92 valence electrons. The van der Waals surface area contributed by atoms with Gasteiger partial charge in [-0.05, 0) is 0 Å². The van der Waals surface area contributed by atoms with Gasteiger partial charge < -0.3 is 29.9 Å². The summed E-state index contributed by atoms with van der Waals surface area (Å²) in [5, 5.41) is 34.5. The van der Waals surface area contributed by atoms with Gasteiger partial charge in [0.2, 0.25) is 0 Å². The van der Waals surface area contributed by atoms with Gasteiger partial charge in [-0.15, -0.1) is 0 Å². The van der Waals surface area contributed by atoms with Crippen molar-refractivity contribution in [3.63, 3.8) is 0 Å². The summed E-state index contributed by atoms with van der Waals surface area (Å²) in [5.41, 5.74) is 0. The minimum absolute atomic E-state index is 0.527. The molecular formula is C8H12O8. The topological polar surface area (TPSA) is 134 Å². The predicted molar refractivity (Wildman–Crippen MR) is 47.0 cm³/mol. The molecule has 0 unspecified atom stereocenters. The van der Waals surface area contributed by atoms with E-state index in [1.54, 1.807) is 0 Å². The Morgan fingerprint density at radius 1 is 0.875 bits per heavy atom. The summed E-state index contributed by atoms with van der Waals surface area (Å²) in [4.78, 5) is 21.5. The molecule has 0 saturated heterocycles. The Hall–Kier alpha value is -1.48. The zero-order valence-electron chi connectivity index (χ0n) is 8.58. The standard InChI is InChI=1S/C8H12O8/c1-7(11,12)15-5(9)3-4-6(10)16-8(2,13)14/h3-4,11-14H,1-2H3/b4-3+. The van der Waals surface area contributed by atoms with E-state index in [0.29, 0.717) is 12.2 Å². The molecule has 0 rings (SSSR count). The van der Waals surface area contributed by atoms with Crippen molar-refractivity contribution in [1.82, 2.24) is 0 Å². The van der Waals surface area contributed by atoms with Gasteiger partial charge in [0.15, 0.2) is 0 Å². The summed E-state index contributed by atoms with van der Waals surface area (Å²) in [6, 6.07) is 0. The van der Waals surface area contributed by atoms with Crippen LogP contribution in [0.1, 0.15) is 13.8 Å². The van der Waals surface area contributed by atoms with Crippen LogP contribution < -0.4 is 0 Å².